The van der Waals surface area contributed by atoms with Crippen LogP contribution < -0.4 is 10.2 Å². The van der Waals surface area contributed by atoms with E-state index in [1.54, 1.807) is 6.33 Å². The van der Waals surface area contributed by atoms with Crippen LogP contribution in [0.25, 0.3) is 0 Å². The average Bonchev–Trinajstić information content (AvgIpc) is 2.44. The van der Waals surface area contributed by atoms with Crippen molar-refractivity contribution in [2.45, 2.75) is 20.8 Å². The van der Waals surface area contributed by atoms with E-state index in [4.69, 9.17) is 0 Å². The summed E-state index contributed by atoms with van der Waals surface area (Å²) < 4.78 is 0. The summed E-state index contributed by atoms with van der Waals surface area (Å²) in [5.41, 5.74) is 5.09. The lowest BCUT2D eigenvalue weighted by Gasteiger charge is -2.22. The van der Waals surface area contributed by atoms with Crippen molar-refractivity contribution in [1.82, 2.24) is 9.97 Å². The van der Waals surface area contributed by atoms with Crippen LogP contribution in [-0.2, 0) is 0 Å². The Kier molecular flexibility index (Phi) is 3.69. The molecule has 1 aromatic carbocycles. The van der Waals surface area contributed by atoms with Crippen LogP contribution in [0.1, 0.15) is 16.7 Å². The van der Waals surface area contributed by atoms with Crippen LogP contribution in [0.5, 0.6) is 0 Å². The van der Waals surface area contributed by atoms with Gasteiger partial charge in [0, 0.05) is 25.8 Å². The number of nitrogens with one attached hydrogen (secondary N) is 1. The van der Waals surface area contributed by atoms with E-state index in [1.807, 2.05) is 20.2 Å². The number of benzene rings is 1. The Morgan fingerprint density at radius 2 is 1.79 bits per heavy atom. The molecule has 4 heteroatoms. The Labute approximate surface area is 114 Å². The zero-order valence-electron chi connectivity index (χ0n) is 12.2. The normalized spacial score (nSPS) is 10.4. The first kappa shape index (κ1) is 13.3. The molecule has 0 aliphatic carbocycles. The molecule has 2 rings (SSSR count). The van der Waals surface area contributed by atoms with Gasteiger partial charge in [-0.05, 0) is 43.5 Å². The fraction of sp³-hybridized carbons (Fsp3) is 0.333. The van der Waals surface area contributed by atoms with E-state index in [2.05, 4.69) is 53.1 Å². The minimum absolute atomic E-state index is 0.818. The number of aryl methyl sites for hydroxylation is 1. The van der Waals surface area contributed by atoms with E-state index in [-0.39, 0.29) is 0 Å². The number of rotatable bonds is 3. The smallest absolute Gasteiger partial charge is 0.138 e. The van der Waals surface area contributed by atoms with Gasteiger partial charge in [-0.1, -0.05) is 6.07 Å². The van der Waals surface area contributed by atoms with Crippen molar-refractivity contribution in [1.29, 1.82) is 0 Å². The van der Waals surface area contributed by atoms with Crippen LogP contribution in [0.15, 0.2) is 24.5 Å². The van der Waals surface area contributed by atoms with Crippen LogP contribution in [-0.4, -0.2) is 24.1 Å². The molecule has 1 N–H and O–H groups in total. The zero-order chi connectivity index (χ0) is 14.0. The first-order valence-electron chi connectivity index (χ1n) is 6.35. The summed E-state index contributed by atoms with van der Waals surface area (Å²) in [6, 6.07) is 6.22. The molecule has 2 aromatic rings. The molecule has 0 fully saturated rings. The van der Waals surface area contributed by atoms with Crippen molar-refractivity contribution >= 4 is 17.3 Å². The van der Waals surface area contributed by atoms with Crippen molar-refractivity contribution in [2.24, 2.45) is 0 Å². The van der Waals surface area contributed by atoms with Crippen molar-refractivity contribution < 1.29 is 0 Å². The highest BCUT2D eigenvalue weighted by molar-refractivity contribution is 5.66. The zero-order valence-corrected chi connectivity index (χ0v) is 12.2. The molecule has 19 heavy (non-hydrogen) atoms. The second kappa shape index (κ2) is 5.26. The molecule has 100 valence electrons. The Balaban J connectivity index is 2.44. The summed E-state index contributed by atoms with van der Waals surface area (Å²) >= 11 is 0. The third-order valence-corrected chi connectivity index (χ3v) is 3.64. The number of aromatic nitrogens is 2. The molecule has 0 spiro atoms. The molecule has 0 bridgehead atoms. The predicted molar refractivity (Wildman–Crippen MR) is 80.3 cm³/mol. The Hall–Kier alpha value is -2.10. The molecule has 0 saturated carbocycles. The quantitative estimate of drug-likeness (QED) is 0.915. The van der Waals surface area contributed by atoms with Gasteiger partial charge in [-0.25, -0.2) is 9.97 Å². The van der Waals surface area contributed by atoms with Gasteiger partial charge >= 0.3 is 0 Å². The lowest BCUT2D eigenvalue weighted by atomic mass is 10.0. The Morgan fingerprint density at radius 3 is 2.47 bits per heavy atom. The van der Waals surface area contributed by atoms with Gasteiger partial charge in [-0.15, -0.1) is 0 Å². The lowest BCUT2D eigenvalue weighted by molar-refractivity contribution is 1.06. The maximum atomic E-state index is 4.33. The van der Waals surface area contributed by atoms with E-state index in [0.717, 1.165) is 11.6 Å². The molecule has 0 aliphatic heterocycles. The van der Waals surface area contributed by atoms with E-state index in [1.165, 1.54) is 22.4 Å². The Bertz CT molecular complexity index is 593. The second-order valence-electron chi connectivity index (χ2n) is 4.72. The summed E-state index contributed by atoms with van der Waals surface area (Å²) in [7, 11) is 3.88. The summed E-state index contributed by atoms with van der Waals surface area (Å²) in [4.78, 5) is 10.6. The molecular formula is C15H20N4. The minimum Gasteiger partial charge on any atom is -0.373 e. The highest BCUT2D eigenvalue weighted by Crippen LogP contribution is 2.29. The van der Waals surface area contributed by atoms with Crippen molar-refractivity contribution in [3.63, 3.8) is 0 Å². The lowest BCUT2D eigenvalue weighted by Crippen LogP contribution is -2.14. The van der Waals surface area contributed by atoms with Gasteiger partial charge in [-0.2, -0.15) is 0 Å². The van der Waals surface area contributed by atoms with Crippen LogP contribution in [0.3, 0.4) is 0 Å². The molecule has 0 saturated heterocycles. The van der Waals surface area contributed by atoms with Crippen molar-refractivity contribution in [2.75, 3.05) is 24.3 Å². The standard InChI is InChI=1S/C15H20N4/c1-10-6-7-13(12(3)11(10)2)19(5)15-8-14(16-4)17-9-18-15/h6-9H,1-5H3,(H,16,17,18). The fourth-order valence-electron chi connectivity index (χ4n) is 2.10. The third kappa shape index (κ3) is 2.52. The summed E-state index contributed by atoms with van der Waals surface area (Å²) in [6.07, 6.45) is 1.58. The predicted octanol–water partition coefficient (Wildman–Crippen LogP) is 3.21. The van der Waals surface area contributed by atoms with Crippen LogP contribution in [0.4, 0.5) is 17.3 Å². The van der Waals surface area contributed by atoms with Gasteiger partial charge in [0.1, 0.15) is 18.0 Å². The molecule has 4 nitrogen and oxygen atoms in total. The number of anilines is 3. The average molecular weight is 256 g/mol. The number of nitrogens with zero attached hydrogens (tertiary/aromatic N) is 3. The summed E-state index contributed by atoms with van der Waals surface area (Å²) in [5.74, 6) is 1.70. The first-order valence-corrected chi connectivity index (χ1v) is 6.35. The molecule has 0 amide bonds. The van der Waals surface area contributed by atoms with Crippen molar-refractivity contribution in [3.8, 4) is 0 Å². The fourth-order valence-corrected chi connectivity index (χ4v) is 2.10. The SMILES string of the molecule is CNc1cc(N(C)c2ccc(C)c(C)c2C)ncn1. The second-order valence-corrected chi connectivity index (χ2v) is 4.72. The van der Waals surface area contributed by atoms with E-state index in [9.17, 15) is 0 Å². The van der Waals surface area contributed by atoms with Gasteiger partial charge in [0.15, 0.2) is 0 Å². The molecule has 0 radical (unpaired) electrons. The van der Waals surface area contributed by atoms with E-state index in [0.29, 0.717) is 0 Å². The van der Waals surface area contributed by atoms with E-state index < -0.39 is 0 Å². The number of hydrogen-bond acceptors (Lipinski definition) is 4. The highest BCUT2D eigenvalue weighted by Gasteiger charge is 2.11. The van der Waals surface area contributed by atoms with E-state index >= 15 is 0 Å². The van der Waals surface area contributed by atoms with Gasteiger partial charge in [0.05, 0.1) is 0 Å². The van der Waals surface area contributed by atoms with Crippen LogP contribution in [0.2, 0.25) is 0 Å². The first-order chi connectivity index (χ1) is 9.04. The van der Waals surface area contributed by atoms with Gasteiger partial charge in [0.25, 0.3) is 0 Å². The Morgan fingerprint density at radius 1 is 1.05 bits per heavy atom. The van der Waals surface area contributed by atoms with Crippen LogP contribution in [0, 0.1) is 20.8 Å². The molecule has 0 aliphatic rings. The maximum absolute atomic E-state index is 4.33. The van der Waals surface area contributed by atoms with Crippen LogP contribution >= 0.6 is 0 Å². The summed E-state index contributed by atoms with van der Waals surface area (Å²) in [6.45, 7) is 6.44. The molecule has 0 atom stereocenters. The van der Waals surface area contributed by atoms with Crippen molar-refractivity contribution in [3.05, 3.63) is 41.2 Å². The monoisotopic (exact) mass is 256 g/mol. The highest BCUT2D eigenvalue weighted by atomic mass is 15.2. The summed E-state index contributed by atoms with van der Waals surface area (Å²) in [5, 5.41) is 3.03. The largest absolute Gasteiger partial charge is 0.373 e. The molecular weight excluding hydrogens is 236 g/mol. The molecule has 1 aromatic heterocycles. The molecule has 0 unspecified atom stereocenters. The molecule has 1 heterocycles. The van der Waals surface area contributed by atoms with Gasteiger partial charge in [-0.3, -0.25) is 0 Å². The topological polar surface area (TPSA) is 41.0 Å². The number of hydrogen-bond donors (Lipinski definition) is 1. The van der Waals surface area contributed by atoms with Gasteiger partial charge < -0.3 is 10.2 Å². The minimum atomic E-state index is 0.818. The van der Waals surface area contributed by atoms with Gasteiger partial charge in [0.2, 0.25) is 0 Å². The third-order valence-electron chi connectivity index (χ3n) is 3.64. The maximum Gasteiger partial charge on any atom is 0.138 e.